The first-order chi connectivity index (χ1) is 7.30. The van der Waals surface area contributed by atoms with Crippen LogP contribution in [0.1, 0.15) is 46.0 Å². The molecule has 0 bridgehead atoms. The molecule has 1 saturated carbocycles. The number of nitrogens with zero attached hydrogens (tertiary/aromatic N) is 1. The Morgan fingerprint density at radius 1 is 1.47 bits per heavy atom. The molecular weight excluding hydrogens is 188 g/mol. The minimum absolute atomic E-state index is 0.518. The van der Waals surface area contributed by atoms with Crippen LogP contribution in [0.2, 0.25) is 0 Å². The van der Waals surface area contributed by atoms with Crippen molar-refractivity contribution in [3.05, 3.63) is 0 Å². The van der Waals surface area contributed by atoms with Crippen LogP contribution in [0.3, 0.4) is 0 Å². The van der Waals surface area contributed by atoms with Crippen molar-refractivity contribution in [3.63, 3.8) is 0 Å². The van der Waals surface area contributed by atoms with Crippen LogP contribution in [-0.2, 0) is 0 Å². The molecule has 0 amide bonds. The standard InChI is InChI=1S/C11H24N4/c1-3-7-13-11(15-12)14-10(4-2)8-9-5-6-9/h9-10H,3-8,12H2,1-2H3,(H2,13,14,15). The van der Waals surface area contributed by atoms with Gasteiger partial charge in [-0.05, 0) is 25.2 Å². The summed E-state index contributed by atoms with van der Waals surface area (Å²) in [5.74, 6) is 7.10. The molecule has 88 valence electrons. The molecule has 15 heavy (non-hydrogen) atoms. The summed E-state index contributed by atoms with van der Waals surface area (Å²) in [6, 6.07) is 0.518. The lowest BCUT2D eigenvalue weighted by atomic mass is 10.1. The predicted octanol–water partition coefficient (Wildman–Crippen LogP) is 1.38. The van der Waals surface area contributed by atoms with Gasteiger partial charge in [-0.25, -0.2) is 5.84 Å². The second-order valence-corrected chi connectivity index (χ2v) is 4.30. The Kier molecular flexibility index (Phi) is 5.47. The average molecular weight is 212 g/mol. The van der Waals surface area contributed by atoms with E-state index in [1.165, 1.54) is 19.3 Å². The number of hydrazine groups is 1. The van der Waals surface area contributed by atoms with Crippen LogP contribution in [0.25, 0.3) is 0 Å². The Bertz CT molecular complexity index is 199. The number of hydrogen-bond donors (Lipinski definition) is 3. The van der Waals surface area contributed by atoms with E-state index in [1.807, 2.05) is 0 Å². The molecule has 0 aliphatic heterocycles. The Morgan fingerprint density at radius 2 is 2.20 bits per heavy atom. The van der Waals surface area contributed by atoms with Crippen LogP contribution >= 0.6 is 0 Å². The SMILES string of the molecule is CCCN=C(NN)NC(CC)CC1CC1. The molecular formula is C11H24N4. The Balaban J connectivity index is 2.32. The van der Waals surface area contributed by atoms with Gasteiger partial charge in [-0.15, -0.1) is 0 Å². The van der Waals surface area contributed by atoms with Gasteiger partial charge < -0.3 is 5.32 Å². The highest BCUT2D eigenvalue weighted by Crippen LogP contribution is 2.33. The van der Waals surface area contributed by atoms with E-state index in [0.29, 0.717) is 6.04 Å². The molecule has 1 aliphatic rings. The first-order valence-corrected chi connectivity index (χ1v) is 6.07. The summed E-state index contributed by atoms with van der Waals surface area (Å²) >= 11 is 0. The summed E-state index contributed by atoms with van der Waals surface area (Å²) in [4.78, 5) is 4.35. The third-order valence-corrected chi connectivity index (χ3v) is 2.78. The number of hydrogen-bond acceptors (Lipinski definition) is 2. The van der Waals surface area contributed by atoms with E-state index in [0.717, 1.165) is 31.3 Å². The van der Waals surface area contributed by atoms with Crippen molar-refractivity contribution < 1.29 is 0 Å². The molecule has 1 unspecified atom stereocenters. The highest BCUT2D eigenvalue weighted by molar-refractivity contribution is 5.79. The van der Waals surface area contributed by atoms with Crippen molar-refractivity contribution >= 4 is 5.96 Å². The highest BCUT2D eigenvalue weighted by Gasteiger charge is 2.24. The van der Waals surface area contributed by atoms with Crippen LogP contribution in [-0.4, -0.2) is 18.5 Å². The Morgan fingerprint density at radius 3 is 2.67 bits per heavy atom. The zero-order valence-corrected chi connectivity index (χ0v) is 9.92. The Hall–Kier alpha value is -0.770. The Labute approximate surface area is 92.7 Å². The lowest BCUT2D eigenvalue weighted by Crippen LogP contribution is -2.46. The fourth-order valence-corrected chi connectivity index (χ4v) is 1.63. The third kappa shape index (κ3) is 5.02. The van der Waals surface area contributed by atoms with E-state index in [1.54, 1.807) is 0 Å². The van der Waals surface area contributed by atoms with Crippen molar-refractivity contribution in [2.24, 2.45) is 16.8 Å². The molecule has 0 aromatic carbocycles. The minimum atomic E-state index is 0.518. The monoisotopic (exact) mass is 212 g/mol. The van der Waals surface area contributed by atoms with Gasteiger partial charge in [-0.1, -0.05) is 26.7 Å². The largest absolute Gasteiger partial charge is 0.353 e. The van der Waals surface area contributed by atoms with Gasteiger partial charge in [0.1, 0.15) is 0 Å². The smallest absolute Gasteiger partial charge is 0.205 e. The van der Waals surface area contributed by atoms with Crippen LogP contribution in [0.4, 0.5) is 0 Å². The second kappa shape index (κ2) is 6.67. The summed E-state index contributed by atoms with van der Waals surface area (Å²) in [5, 5.41) is 3.37. The second-order valence-electron chi connectivity index (χ2n) is 4.30. The molecule has 0 radical (unpaired) electrons. The first kappa shape index (κ1) is 12.3. The maximum Gasteiger partial charge on any atom is 0.205 e. The molecule has 0 aromatic heterocycles. The molecule has 0 aromatic rings. The molecule has 1 atom stereocenters. The van der Waals surface area contributed by atoms with E-state index in [9.17, 15) is 0 Å². The van der Waals surface area contributed by atoms with Crippen LogP contribution in [0.5, 0.6) is 0 Å². The zero-order valence-electron chi connectivity index (χ0n) is 9.92. The lowest BCUT2D eigenvalue weighted by molar-refractivity contribution is 0.503. The summed E-state index contributed by atoms with van der Waals surface area (Å²) in [7, 11) is 0. The van der Waals surface area contributed by atoms with Crippen LogP contribution in [0.15, 0.2) is 4.99 Å². The molecule has 0 heterocycles. The molecule has 0 spiro atoms. The zero-order chi connectivity index (χ0) is 11.1. The van der Waals surface area contributed by atoms with Crippen molar-refractivity contribution in [3.8, 4) is 0 Å². The molecule has 4 nitrogen and oxygen atoms in total. The minimum Gasteiger partial charge on any atom is -0.353 e. The topological polar surface area (TPSA) is 62.4 Å². The normalized spacial score (nSPS) is 18.7. The van der Waals surface area contributed by atoms with Crippen molar-refractivity contribution in [2.75, 3.05) is 6.54 Å². The van der Waals surface area contributed by atoms with Gasteiger partial charge >= 0.3 is 0 Å². The fourth-order valence-electron chi connectivity index (χ4n) is 1.63. The van der Waals surface area contributed by atoms with Crippen LogP contribution < -0.4 is 16.6 Å². The quantitative estimate of drug-likeness (QED) is 0.270. The maximum absolute atomic E-state index is 5.42. The summed E-state index contributed by atoms with van der Waals surface area (Å²) < 4.78 is 0. The third-order valence-electron chi connectivity index (χ3n) is 2.78. The van der Waals surface area contributed by atoms with E-state index in [-0.39, 0.29) is 0 Å². The number of nitrogens with one attached hydrogen (secondary N) is 2. The fraction of sp³-hybridized carbons (Fsp3) is 0.909. The van der Waals surface area contributed by atoms with Gasteiger partial charge in [0.2, 0.25) is 5.96 Å². The van der Waals surface area contributed by atoms with Gasteiger partial charge in [0.15, 0.2) is 0 Å². The van der Waals surface area contributed by atoms with E-state index >= 15 is 0 Å². The van der Waals surface area contributed by atoms with Gasteiger partial charge in [0.05, 0.1) is 0 Å². The van der Waals surface area contributed by atoms with Crippen molar-refractivity contribution in [2.45, 2.75) is 52.0 Å². The van der Waals surface area contributed by atoms with Gasteiger partial charge in [-0.2, -0.15) is 0 Å². The number of nitrogens with two attached hydrogens (primary N) is 1. The average Bonchev–Trinajstić information content (AvgIpc) is 3.06. The van der Waals surface area contributed by atoms with Crippen molar-refractivity contribution in [1.29, 1.82) is 0 Å². The number of guanidine groups is 1. The van der Waals surface area contributed by atoms with E-state index in [4.69, 9.17) is 5.84 Å². The summed E-state index contributed by atoms with van der Waals surface area (Å²) in [6.45, 7) is 5.14. The lowest BCUT2D eigenvalue weighted by Gasteiger charge is -2.18. The van der Waals surface area contributed by atoms with E-state index in [2.05, 4.69) is 29.6 Å². The molecule has 1 rings (SSSR count). The van der Waals surface area contributed by atoms with E-state index < -0.39 is 0 Å². The predicted molar refractivity (Wildman–Crippen MR) is 64.5 cm³/mol. The highest BCUT2D eigenvalue weighted by atomic mass is 15.3. The van der Waals surface area contributed by atoms with Gasteiger partial charge in [0, 0.05) is 12.6 Å². The number of rotatable bonds is 6. The number of aliphatic imine (C=N–C) groups is 1. The maximum atomic E-state index is 5.42. The first-order valence-electron chi connectivity index (χ1n) is 6.07. The molecule has 0 saturated heterocycles. The summed E-state index contributed by atoms with van der Waals surface area (Å²) in [6.07, 6.45) is 6.23. The molecule has 4 heteroatoms. The van der Waals surface area contributed by atoms with Gasteiger partial charge in [0.25, 0.3) is 0 Å². The van der Waals surface area contributed by atoms with Crippen molar-refractivity contribution in [1.82, 2.24) is 10.7 Å². The molecule has 4 N–H and O–H groups in total. The van der Waals surface area contributed by atoms with Crippen LogP contribution in [0, 0.1) is 5.92 Å². The summed E-state index contributed by atoms with van der Waals surface area (Å²) in [5.41, 5.74) is 2.63. The molecule has 1 fully saturated rings. The van der Waals surface area contributed by atoms with Gasteiger partial charge in [-0.3, -0.25) is 10.4 Å². The molecule has 1 aliphatic carbocycles.